The van der Waals surface area contributed by atoms with E-state index in [1.54, 1.807) is 58.0 Å². The second-order valence-electron chi connectivity index (χ2n) is 9.10. The molecule has 0 fully saturated rings. The Hall–Kier alpha value is -3.18. The van der Waals surface area contributed by atoms with E-state index in [2.05, 4.69) is 4.98 Å². The van der Waals surface area contributed by atoms with E-state index < -0.39 is 35.7 Å². The molecule has 0 bridgehead atoms. The van der Waals surface area contributed by atoms with Gasteiger partial charge in [0.2, 0.25) is 5.89 Å². The van der Waals surface area contributed by atoms with Gasteiger partial charge in [-0.2, -0.15) is 13.2 Å². The number of hydrogen-bond donors (Lipinski definition) is 0. The van der Waals surface area contributed by atoms with Crippen molar-refractivity contribution in [3.8, 4) is 10.8 Å². The van der Waals surface area contributed by atoms with Crippen LogP contribution < -0.4 is 11.2 Å². The number of aryl methyl sites for hydroxylation is 1. The van der Waals surface area contributed by atoms with Crippen LogP contribution in [0, 0.1) is 6.92 Å². The predicted octanol–water partition coefficient (Wildman–Crippen LogP) is 5.26. The van der Waals surface area contributed by atoms with Crippen LogP contribution in [-0.4, -0.2) is 26.9 Å². The minimum atomic E-state index is -4.55. The molecule has 7 nitrogen and oxygen atoms in total. The second-order valence-corrected chi connectivity index (χ2v) is 10.1. The van der Waals surface area contributed by atoms with E-state index in [1.807, 2.05) is 0 Å². The number of benzene rings is 1. The molecule has 1 aromatic carbocycles. The molecule has 186 valence electrons. The van der Waals surface area contributed by atoms with Crippen molar-refractivity contribution in [2.45, 2.75) is 52.1 Å². The van der Waals surface area contributed by atoms with E-state index in [1.165, 1.54) is 17.0 Å². The Kier molecular flexibility index (Phi) is 6.50. The first-order chi connectivity index (χ1) is 16.4. The maximum Gasteiger partial charge on any atom is 0.411 e. The van der Waals surface area contributed by atoms with Crippen molar-refractivity contribution < 1.29 is 22.3 Å². The molecule has 0 aliphatic heterocycles. The molecular formula is C24H24F3N3O4S. The van der Waals surface area contributed by atoms with Crippen molar-refractivity contribution in [1.82, 2.24) is 14.1 Å². The van der Waals surface area contributed by atoms with Crippen LogP contribution in [0.2, 0.25) is 0 Å². The number of aromatic nitrogens is 3. The number of rotatable bonds is 6. The summed E-state index contributed by atoms with van der Waals surface area (Å²) in [6.07, 6.45) is -2.77. The SMILES string of the molecule is Cc1c(-c2ncco2)sc2c1c(=O)n(C(C)(C)C)c(=O)n2CC(OCC(F)(F)F)c1ccccc1. The number of fused-ring (bicyclic) bond motifs is 1. The predicted molar refractivity (Wildman–Crippen MR) is 127 cm³/mol. The van der Waals surface area contributed by atoms with Crippen molar-refractivity contribution in [2.75, 3.05) is 6.61 Å². The van der Waals surface area contributed by atoms with Crippen molar-refractivity contribution in [1.29, 1.82) is 0 Å². The minimum absolute atomic E-state index is 0.225. The molecule has 4 rings (SSSR count). The fourth-order valence-corrected chi connectivity index (χ4v) is 5.16. The number of halogens is 3. The van der Waals surface area contributed by atoms with Gasteiger partial charge in [0.05, 0.1) is 23.0 Å². The van der Waals surface area contributed by atoms with E-state index in [9.17, 15) is 22.8 Å². The zero-order valence-electron chi connectivity index (χ0n) is 19.5. The first-order valence-electron chi connectivity index (χ1n) is 10.8. The van der Waals surface area contributed by atoms with Gasteiger partial charge in [0.15, 0.2) is 0 Å². The molecule has 11 heteroatoms. The Labute approximate surface area is 202 Å². The highest BCUT2D eigenvalue weighted by molar-refractivity contribution is 7.22. The topological polar surface area (TPSA) is 79.3 Å². The maximum atomic E-state index is 13.6. The van der Waals surface area contributed by atoms with E-state index in [4.69, 9.17) is 9.15 Å². The van der Waals surface area contributed by atoms with Gasteiger partial charge >= 0.3 is 11.9 Å². The quantitative estimate of drug-likeness (QED) is 0.356. The summed E-state index contributed by atoms with van der Waals surface area (Å²) < 4.78 is 52.2. The van der Waals surface area contributed by atoms with Gasteiger partial charge in [0.25, 0.3) is 5.56 Å². The molecule has 0 aliphatic carbocycles. The van der Waals surface area contributed by atoms with Crippen LogP contribution in [0.15, 0.2) is 56.8 Å². The molecule has 0 amide bonds. The lowest BCUT2D eigenvalue weighted by Crippen LogP contribution is -2.48. The summed E-state index contributed by atoms with van der Waals surface area (Å²) in [5.74, 6) is 0.289. The zero-order valence-corrected chi connectivity index (χ0v) is 20.4. The largest absolute Gasteiger partial charge is 0.444 e. The van der Waals surface area contributed by atoms with Gasteiger partial charge in [0, 0.05) is 5.54 Å². The lowest BCUT2D eigenvalue weighted by Gasteiger charge is -2.25. The van der Waals surface area contributed by atoms with Crippen LogP contribution in [-0.2, 0) is 16.8 Å². The Bertz CT molecular complexity index is 1450. The van der Waals surface area contributed by atoms with Crippen molar-refractivity contribution in [3.05, 3.63) is 74.8 Å². The summed E-state index contributed by atoms with van der Waals surface area (Å²) >= 11 is 1.13. The number of thiophene rings is 1. The van der Waals surface area contributed by atoms with Gasteiger partial charge in [0.1, 0.15) is 23.8 Å². The van der Waals surface area contributed by atoms with Crippen LogP contribution in [0.4, 0.5) is 13.2 Å². The number of nitrogens with zero attached hydrogens (tertiary/aromatic N) is 3. The maximum absolute atomic E-state index is 13.6. The molecule has 0 N–H and O–H groups in total. The summed E-state index contributed by atoms with van der Waals surface area (Å²) in [6.45, 7) is 5.19. The standard InChI is InChI=1S/C24H24F3N3O4S/c1-14-17-20(31)30(23(2,3)4)22(32)29(21(17)35-18(14)19-28-10-11-33-19)12-16(34-13-24(25,26)27)15-8-6-5-7-9-15/h5-11,16H,12-13H2,1-4H3. The van der Waals surface area contributed by atoms with Crippen molar-refractivity contribution in [3.63, 3.8) is 0 Å². The number of ether oxygens (including phenoxy) is 1. The Morgan fingerprint density at radius 3 is 2.40 bits per heavy atom. The van der Waals surface area contributed by atoms with E-state index in [-0.39, 0.29) is 12.4 Å². The highest BCUT2D eigenvalue weighted by Crippen LogP contribution is 2.36. The van der Waals surface area contributed by atoms with Crippen LogP contribution in [0.3, 0.4) is 0 Å². The molecule has 1 unspecified atom stereocenters. The first kappa shape index (κ1) is 24.9. The van der Waals surface area contributed by atoms with Gasteiger partial charge in [-0.1, -0.05) is 30.3 Å². The average Bonchev–Trinajstić information content (AvgIpc) is 3.40. The summed E-state index contributed by atoms with van der Waals surface area (Å²) in [5, 5.41) is 0.292. The molecule has 0 radical (unpaired) electrons. The number of hydrogen-bond acceptors (Lipinski definition) is 6. The summed E-state index contributed by atoms with van der Waals surface area (Å²) in [5.41, 5.74) is -0.931. The monoisotopic (exact) mass is 507 g/mol. The first-order valence-corrected chi connectivity index (χ1v) is 11.6. The Morgan fingerprint density at radius 2 is 1.83 bits per heavy atom. The normalized spacial score (nSPS) is 13.5. The van der Waals surface area contributed by atoms with Crippen molar-refractivity contribution >= 4 is 21.6 Å². The second kappa shape index (κ2) is 9.12. The minimum Gasteiger partial charge on any atom is -0.444 e. The van der Waals surface area contributed by atoms with Gasteiger partial charge in [-0.25, -0.2) is 9.78 Å². The van der Waals surface area contributed by atoms with Crippen LogP contribution >= 0.6 is 11.3 Å². The molecule has 0 aliphatic rings. The third-order valence-corrected chi connectivity index (χ3v) is 6.78. The lowest BCUT2D eigenvalue weighted by atomic mass is 10.1. The van der Waals surface area contributed by atoms with Crippen LogP contribution in [0.5, 0.6) is 0 Å². The summed E-state index contributed by atoms with van der Waals surface area (Å²) in [6, 6.07) is 8.38. The summed E-state index contributed by atoms with van der Waals surface area (Å²) in [4.78, 5) is 32.2. The molecule has 35 heavy (non-hydrogen) atoms. The van der Waals surface area contributed by atoms with E-state index in [0.29, 0.717) is 26.2 Å². The van der Waals surface area contributed by atoms with Gasteiger partial charge < -0.3 is 9.15 Å². The molecule has 4 aromatic rings. The van der Waals surface area contributed by atoms with Gasteiger partial charge in [-0.05, 0) is 38.8 Å². The van der Waals surface area contributed by atoms with E-state index in [0.717, 1.165) is 15.9 Å². The Balaban J connectivity index is 1.96. The molecule has 3 aromatic heterocycles. The zero-order chi connectivity index (χ0) is 25.5. The fraction of sp³-hybridized carbons (Fsp3) is 0.375. The Morgan fingerprint density at radius 1 is 1.14 bits per heavy atom. The fourth-order valence-electron chi connectivity index (χ4n) is 3.92. The van der Waals surface area contributed by atoms with E-state index >= 15 is 0 Å². The molecule has 0 saturated carbocycles. The molecule has 0 saturated heterocycles. The van der Waals surface area contributed by atoms with Gasteiger partial charge in [-0.15, -0.1) is 11.3 Å². The highest BCUT2D eigenvalue weighted by Gasteiger charge is 2.32. The van der Waals surface area contributed by atoms with Crippen molar-refractivity contribution in [2.24, 2.45) is 0 Å². The molecular weight excluding hydrogens is 483 g/mol. The molecule has 0 spiro atoms. The van der Waals surface area contributed by atoms with Gasteiger partial charge in [-0.3, -0.25) is 13.9 Å². The molecule has 3 heterocycles. The highest BCUT2D eigenvalue weighted by atomic mass is 32.1. The smallest absolute Gasteiger partial charge is 0.411 e. The third kappa shape index (κ3) is 4.96. The van der Waals surface area contributed by atoms with Crippen LogP contribution in [0.25, 0.3) is 21.0 Å². The molecule has 1 atom stereocenters. The number of oxazole rings is 1. The third-order valence-electron chi connectivity index (χ3n) is 5.48. The lowest BCUT2D eigenvalue weighted by molar-refractivity contribution is -0.187. The summed E-state index contributed by atoms with van der Waals surface area (Å²) in [7, 11) is 0. The van der Waals surface area contributed by atoms with Crippen LogP contribution in [0.1, 0.15) is 38.0 Å². The average molecular weight is 508 g/mol. The number of alkyl halides is 3.